The Morgan fingerprint density at radius 1 is 0.333 bits per heavy atom. The Labute approximate surface area is 388 Å². The molecule has 0 unspecified atom stereocenters. The maximum Gasteiger partial charge on any atom is 0.306 e. The maximum absolute atomic E-state index is 12.8. The summed E-state index contributed by atoms with van der Waals surface area (Å²) < 4.78 is 16.8. The minimum atomic E-state index is -0.805. The molecule has 0 heterocycles. The highest BCUT2D eigenvalue weighted by Gasteiger charge is 2.19. The summed E-state index contributed by atoms with van der Waals surface area (Å²) in [7, 11) is 0. The van der Waals surface area contributed by atoms with Crippen LogP contribution in [-0.4, -0.2) is 37.2 Å². The van der Waals surface area contributed by atoms with Crippen LogP contribution in [0.15, 0.2) is 85.1 Å². The molecule has 0 saturated carbocycles. The number of carbonyl (C=O) groups is 3. The molecule has 0 aliphatic heterocycles. The molecular formula is C57H96O6. The van der Waals surface area contributed by atoms with Gasteiger partial charge in [0.05, 0.1) is 0 Å². The zero-order valence-corrected chi connectivity index (χ0v) is 41.1. The molecular weight excluding hydrogens is 781 g/mol. The molecule has 0 spiro atoms. The van der Waals surface area contributed by atoms with E-state index in [4.69, 9.17) is 14.2 Å². The smallest absolute Gasteiger partial charge is 0.306 e. The number of allylic oxidation sites excluding steroid dienone is 14. The molecule has 0 fully saturated rings. The molecule has 0 aliphatic carbocycles. The van der Waals surface area contributed by atoms with Gasteiger partial charge in [-0.1, -0.05) is 209 Å². The van der Waals surface area contributed by atoms with Crippen LogP contribution in [-0.2, 0) is 28.6 Å². The average Bonchev–Trinajstić information content (AvgIpc) is 3.28. The van der Waals surface area contributed by atoms with Gasteiger partial charge in [-0.2, -0.15) is 0 Å². The number of unbranched alkanes of at least 4 members (excludes halogenated alkanes) is 21. The Hall–Kier alpha value is -3.41. The number of ether oxygens (including phenoxy) is 3. The molecule has 1 atom stereocenters. The Kier molecular flexibility index (Phi) is 48.5. The van der Waals surface area contributed by atoms with Crippen LogP contribution in [0.3, 0.4) is 0 Å². The van der Waals surface area contributed by atoms with E-state index in [1.165, 1.54) is 89.9 Å². The van der Waals surface area contributed by atoms with Gasteiger partial charge in [0.25, 0.3) is 0 Å². The number of rotatable bonds is 46. The monoisotopic (exact) mass is 877 g/mol. The molecule has 0 aromatic heterocycles. The van der Waals surface area contributed by atoms with Crippen LogP contribution >= 0.6 is 0 Å². The van der Waals surface area contributed by atoms with Crippen molar-refractivity contribution in [1.29, 1.82) is 0 Å². The van der Waals surface area contributed by atoms with Gasteiger partial charge in [0.1, 0.15) is 13.2 Å². The highest BCUT2D eigenvalue weighted by atomic mass is 16.6. The third-order valence-electron chi connectivity index (χ3n) is 10.9. The van der Waals surface area contributed by atoms with E-state index < -0.39 is 6.10 Å². The summed E-state index contributed by atoms with van der Waals surface area (Å²) in [6, 6.07) is 0. The molecule has 0 aromatic rings. The average molecular weight is 877 g/mol. The van der Waals surface area contributed by atoms with E-state index in [9.17, 15) is 14.4 Å². The fraction of sp³-hybridized carbons (Fsp3) is 0.702. The fourth-order valence-electron chi connectivity index (χ4n) is 6.97. The first-order valence-electron chi connectivity index (χ1n) is 26.1. The summed E-state index contributed by atoms with van der Waals surface area (Å²) in [6.07, 6.45) is 65.6. The lowest BCUT2D eigenvalue weighted by molar-refractivity contribution is -0.167. The lowest BCUT2D eigenvalue weighted by atomic mass is 10.0. The van der Waals surface area contributed by atoms with Crippen molar-refractivity contribution in [3.8, 4) is 0 Å². The van der Waals surface area contributed by atoms with Gasteiger partial charge in [0, 0.05) is 19.3 Å². The molecule has 0 bridgehead atoms. The fourth-order valence-corrected chi connectivity index (χ4v) is 6.97. The summed E-state index contributed by atoms with van der Waals surface area (Å²) >= 11 is 0. The van der Waals surface area contributed by atoms with Crippen LogP contribution in [0, 0.1) is 0 Å². The molecule has 0 aromatic carbocycles. The Morgan fingerprint density at radius 3 is 1.03 bits per heavy atom. The Morgan fingerprint density at radius 2 is 0.619 bits per heavy atom. The Bertz CT molecular complexity index is 1240. The number of esters is 3. The normalized spacial score (nSPS) is 12.7. The van der Waals surface area contributed by atoms with Gasteiger partial charge in [0.15, 0.2) is 6.10 Å². The summed E-state index contributed by atoms with van der Waals surface area (Å²) in [5.74, 6) is -0.962. The zero-order chi connectivity index (χ0) is 45.8. The molecule has 6 heteroatoms. The van der Waals surface area contributed by atoms with Crippen molar-refractivity contribution < 1.29 is 28.6 Å². The number of hydrogen-bond donors (Lipinski definition) is 0. The van der Waals surface area contributed by atoms with Gasteiger partial charge in [-0.25, -0.2) is 0 Å². The minimum absolute atomic E-state index is 0.0987. The van der Waals surface area contributed by atoms with Gasteiger partial charge in [-0.3, -0.25) is 14.4 Å². The quantitative estimate of drug-likeness (QED) is 0.0262. The molecule has 0 saturated heterocycles. The van der Waals surface area contributed by atoms with Crippen molar-refractivity contribution in [3.63, 3.8) is 0 Å². The molecule has 0 radical (unpaired) electrons. The molecule has 360 valence electrons. The van der Waals surface area contributed by atoms with E-state index in [1.54, 1.807) is 0 Å². The second-order valence-electron chi connectivity index (χ2n) is 17.1. The third kappa shape index (κ3) is 49.5. The van der Waals surface area contributed by atoms with Crippen molar-refractivity contribution in [2.75, 3.05) is 13.2 Å². The van der Waals surface area contributed by atoms with E-state index in [-0.39, 0.29) is 37.5 Å². The van der Waals surface area contributed by atoms with E-state index >= 15 is 0 Å². The summed E-state index contributed by atoms with van der Waals surface area (Å²) in [4.78, 5) is 38.0. The van der Waals surface area contributed by atoms with Crippen molar-refractivity contribution in [2.24, 2.45) is 0 Å². The third-order valence-corrected chi connectivity index (χ3v) is 10.9. The second-order valence-corrected chi connectivity index (χ2v) is 17.1. The van der Waals surface area contributed by atoms with E-state index in [1.807, 2.05) is 0 Å². The van der Waals surface area contributed by atoms with E-state index in [0.717, 1.165) is 103 Å². The molecule has 0 N–H and O–H groups in total. The molecule has 0 aliphatic rings. The van der Waals surface area contributed by atoms with E-state index in [0.29, 0.717) is 19.3 Å². The largest absolute Gasteiger partial charge is 0.462 e. The van der Waals surface area contributed by atoms with Gasteiger partial charge >= 0.3 is 17.9 Å². The first kappa shape index (κ1) is 59.6. The van der Waals surface area contributed by atoms with Crippen molar-refractivity contribution >= 4 is 17.9 Å². The molecule has 0 amide bonds. The van der Waals surface area contributed by atoms with Crippen molar-refractivity contribution in [3.05, 3.63) is 85.1 Å². The van der Waals surface area contributed by atoms with Crippen molar-refractivity contribution in [2.45, 2.75) is 245 Å². The predicted octanol–water partition coefficient (Wildman–Crippen LogP) is 17.2. The molecule has 0 rings (SSSR count). The summed E-state index contributed by atoms with van der Waals surface area (Å²) in [5, 5.41) is 0. The maximum atomic E-state index is 12.8. The number of hydrogen-bond acceptors (Lipinski definition) is 6. The van der Waals surface area contributed by atoms with Crippen LogP contribution in [0.4, 0.5) is 0 Å². The first-order valence-corrected chi connectivity index (χ1v) is 26.1. The van der Waals surface area contributed by atoms with Crippen LogP contribution in [0.5, 0.6) is 0 Å². The molecule has 6 nitrogen and oxygen atoms in total. The highest BCUT2D eigenvalue weighted by molar-refractivity contribution is 5.71. The molecule has 63 heavy (non-hydrogen) atoms. The standard InChI is InChI=1S/C57H96O6/c1-4-7-10-13-16-19-22-25-27-28-30-32-35-38-41-44-47-50-56(59)62-53-54(52-61-55(58)49-46-43-40-37-34-31-24-21-18-15-12-9-6-3)63-57(60)51-48-45-42-39-36-33-29-26-23-20-17-14-11-8-5-2/h7,10,16-17,19-20,25-27,29-30,32,36,39,54H,4-6,8-9,11-15,18,21-24,28,31,33-35,37-38,40-53H2,1-3H3/b10-7-,19-16-,20-17-,27-25-,29-26-,32-30-,39-36-/t54-/m0/s1. The SMILES string of the molecule is CC/C=C\C/C=C\C/C=C\C/C=C\CCCCCCC(=O)OC[C@H](COC(=O)CCCCCCCCCCCCCCC)OC(=O)CCCC/C=C\C/C=C\C/C=C\CCCCC. The zero-order valence-electron chi connectivity index (χ0n) is 41.1. The lowest BCUT2D eigenvalue weighted by Crippen LogP contribution is -2.30. The van der Waals surface area contributed by atoms with Crippen molar-refractivity contribution in [1.82, 2.24) is 0 Å². The van der Waals surface area contributed by atoms with Crippen LogP contribution in [0.25, 0.3) is 0 Å². The van der Waals surface area contributed by atoms with Crippen LogP contribution < -0.4 is 0 Å². The predicted molar refractivity (Wildman–Crippen MR) is 270 cm³/mol. The highest BCUT2D eigenvalue weighted by Crippen LogP contribution is 2.14. The van der Waals surface area contributed by atoms with Crippen LogP contribution in [0.1, 0.15) is 239 Å². The van der Waals surface area contributed by atoms with Gasteiger partial charge < -0.3 is 14.2 Å². The summed E-state index contributed by atoms with van der Waals surface area (Å²) in [5.41, 5.74) is 0. The number of carbonyl (C=O) groups excluding carboxylic acids is 3. The summed E-state index contributed by atoms with van der Waals surface area (Å²) in [6.45, 7) is 6.44. The minimum Gasteiger partial charge on any atom is -0.462 e. The van der Waals surface area contributed by atoms with Gasteiger partial charge in [0.2, 0.25) is 0 Å². The van der Waals surface area contributed by atoms with Crippen LogP contribution in [0.2, 0.25) is 0 Å². The topological polar surface area (TPSA) is 78.9 Å². The lowest BCUT2D eigenvalue weighted by Gasteiger charge is -2.18. The van der Waals surface area contributed by atoms with Gasteiger partial charge in [-0.15, -0.1) is 0 Å². The Balaban J connectivity index is 4.49. The second kappa shape index (κ2) is 51.2. The van der Waals surface area contributed by atoms with Gasteiger partial charge in [-0.05, 0) is 96.3 Å². The first-order chi connectivity index (χ1) is 31.0. The van der Waals surface area contributed by atoms with E-state index in [2.05, 4.69) is 106 Å².